The summed E-state index contributed by atoms with van der Waals surface area (Å²) in [4.78, 5) is 32.4. The van der Waals surface area contributed by atoms with Gasteiger partial charge in [-0.15, -0.1) is 0 Å². The zero-order valence-corrected chi connectivity index (χ0v) is 22.8. The number of aromatic nitrogens is 3. The fourth-order valence-corrected chi connectivity index (χ4v) is 6.09. The molecule has 8 rings (SSSR count). The van der Waals surface area contributed by atoms with E-state index in [1.54, 1.807) is 4.57 Å². The van der Waals surface area contributed by atoms with E-state index in [9.17, 15) is 4.79 Å². The van der Waals surface area contributed by atoms with Crippen LogP contribution in [0.25, 0.3) is 49.4 Å². The lowest BCUT2D eigenvalue weighted by molar-refractivity contribution is 0.895. The summed E-state index contributed by atoms with van der Waals surface area (Å²) >= 11 is 0. The minimum absolute atomic E-state index is 0.152. The van der Waals surface area contributed by atoms with Crippen molar-refractivity contribution in [3.05, 3.63) is 137 Å². The fraction of sp³-hybridized carbons (Fsp3) is 0.0833. The minimum Gasteiger partial charge on any atom is -0.353 e. The van der Waals surface area contributed by atoms with Gasteiger partial charge in [0.2, 0.25) is 5.96 Å². The molecule has 0 spiro atoms. The molecule has 0 saturated carbocycles. The number of allylic oxidation sites excluding steroid dienone is 1. The van der Waals surface area contributed by atoms with Crippen LogP contribution >= 0.6 is 0 Å². The average Bonchev–Trinajstić information content (AvgIpc) is 3.64. The van der Waals surface area contributed by atoms with Crippen LogP contribution in [0.2, 0.25) is 0 Å². The van der Waals surface area contributed by atoms with Gasteiger partial charge in [-0.3, -0.25) is 4.79 Å². The van der Waals surface area contributed by atoms with Gasteiger partial charge in [-0.25, -0.2) is 14.6 Å². The molecule has 42 heavy (non-hydrogen) atoms. The van der Waals surface area contributed by atoms with E-state index in [4.69, 9.17) is 9.98 Å². The van der Waals surface area contributed by atoms with Crippen LogP contribution < -0.4 is 5.56 Å². The first-order valence-corrected chi connectivity index (χ1v) is 14.3. The number of pyridine rings is 1. The summed E-state index contributed by atoms with van der Waals surface area (Å²) in [5, 5.41) is 2.44. The summed E-state index contributed by atoms with van der Waals surface area (Å²) in [6, 6.07) is 36.4. The molecule has 6 heteroatoms. The predicted molar refractivity (Wildman–Crippen MR) is 174 cm³/mol. The number of nitrogens with one attached hydrogen (secondary N) is 2. The van der Waals surface area contributed by atoms with E-state index < -0.39 is 0 Å². The Morgan fingerprint density at radius 2 is 1.26 bits per heavy atom. The van der Waals surface area contributed by atoms with E-state index in [1.165, 1.54) is 0 Å². The first-order chi connectivity index (χ1) is 20.8. The molecule has 0 radical (unpaired) electrons. The van der Waals surface area contributed by atoms with Gasteiger partial charge in [-0.1, -0.05) is 103 Å². The highest BCUT2D eigenvalue weighted by molar-refractivity contribution is 6.22. The maximum absolute atomic E-state index is 14.8. The maximum Gasteiger partial charge on any atom is 0.268 e. The van der Waals surface area contributed by atoms with E-state index in [0.717, 1.165) is 80.2 Å². The standard InChI is InChI=1S/C36H27N5O/c42-35-31-25-17-7-9-21-29(25)37-32(31)33-34(26-18-8-10-22-30(26)38-33)41(35)36-39-27(23-13-3-1-4-14-23)19-11-12-20-28(40-36)24-15-5-2-6-16-24/h1-10,13-19,21-22,37-38H,11-12,20H2/b27-19+,39-36+,40-28+. The number of nitrogens with zero attached hydrogens (tertiary/aromatic N) is 3. The van der Waals surface area contributed by atoms with Crippen LogP contribution in [0.5, 0.6) is 0 Å². The second-order valence-corrected chi connectivity index (χ2v) is 10.6. The Kier molecular flexibility index (Phi) is 5.71. The number of rotatable bonds is 2. The average molecular weight is 546 g/mol. The van der Waals surface area contributed by atoms with Gasteiger partial charge in [0.15, 0.2) is 0 Å². The number of benzene rings is 4. The molecule has 2 N–H and O–H groups in total. The van der Waals surface area contributed by atoms with Crippen LogP contribution in [-0.4, -0.2) is 26.2 Å². The normalized spacial score (nSPS) is 18.1. The van der Waals surface area contributed by atoms with E-state index in [2.05, 4.69) is 40.3 Å². The number of fused-ring (bicyclic) bond motifs is 7. The van der Waals surface area contributed by atoms with E-state index in [1.807, 2.05) is 84.9 Å². The minimum atomic E-state index is -0.152. The molecule has 1 aliphatic rings. The van der Waals surface area contributed by atoms with Gasteiger partial charge < -0.3 is 9.97 Å². The molecule has 1 aliphatic heterocycles. The third-order valence-corrected chi connectivity index (χ3v) is 8.06. The van der Waals surface area contributed by atoms with Gasteiger partial charge >= 0.3 is 0 Å². The van der Waals surface area contributed by atoms with Crippen LogP contribution in [0.4, 0.5) is 0 Å². The summed E-state index contributed by atoms with van der Waals surface area (Å²) in [7, 11) is 0. The molecule has 0 fully saturated rings. The molecule has 202 valence electrons. The van der Waals surface area contributed by atoms with Crippen molar-refractivity contribution in [3.8, 4) is 0 Å². The number of aliphatic imine (C=N–C) groups is 2. The second kappa shape index (κ2) is 9.85. The predicted octanol–water partition coefficient (Wildman–Crippen LogP) is 8.04. The lowest BCUT2D eigenvalue weighted by Crippen LogP contribution is -2.27. The van der Waals surface area contributed by atoms with Crippen LogP contribution in [0.1, 0.15) is 30.4 Å². The first kappa shape index (κ1) is 24.3. The van der Waals surface area contributed by atoms with Crippen molar-refractivity contribution >= 4 is 61.1 Å². The van der Waals surface area contributed by atoms with Gasteiger partial charge in [-0.2, -0.15) is 0 Å². The Bertz CT molecular complexity index is 2280. The Hall–Kier alpha value is -5.49. The van der Waals surface area contributed by atoms with Crippen molar-refractivity contribution in [2.24, 2.45) is 9.98 Å². The Morgan fingerprint density at radius 3 is 2.02 bits per heavy atom. The Labute approximate surface area is 241 Å². The lowest BCUT2D eigenvalue weighted by Gasteiger charge is -2.13. The molecule has 4 heterocycles. The van der Waals surface area contributed by atoms with Crippen molar-refractivity contribution in [1.82, 2.24) is 14.5 Å². The number of hydrogen-bond acceptors (Lipinski definition) is 3. The molecule has 6 nitrogen and oxygen atoms in total. The zero-order chi connectivity index (χ0) is 28.0. The SMILES string of the molecule is O=c1c2c3ccccc3[nH]c2c2[nH]c3ccccc3c2n1C1=N/C(c2ccccc2)=C/CCC/C(c2ccccc2)=N\1. The molecule has 0 amide bonds. The third kappa shape index (κ3) is 3.91. The van der Waals surface area contributed by atoms with Crippen LogP contribution in [-0.2, 0) is 0 Å². The highest BCUT2D eigenvalue weighted by atomic mass is 16.1. The maximum atomic E-state index is 14.8. The van der Waals surface area contributed by atoms with Crippen molar-refractivity contribution in [2.45, 2.75) is 19.3 Å². The molecule has 0 atom stereocenters. The molecule has 7 aromatic rings. The van der Waals surface area contributed by atoms with Crippen molar-refractivity contribution in [2.75, 3.05) is 0 Å². The largest absolute Gasteiger partial charge is 0.353 e. The smallest absolute Gasteiger partial charge is 0.268 e. The summed E-state index contributed by atoms with van der Waals surface area (Å²) in [5.41, 5.74) is 7.86. The van der Waals surface area contributed by atoms with Gasteiger partial charge in [0.1, 0.15) is 0 Å². The van der Waals surface area contributed by atoms with Gasteiger partial charge in [0.25, 0.3) is 5.56 Å². The summed E-state index contributed by atoms with van der Waals surface area (Å²) in [6.45, 7) is 0. The Balaban J connectivity index is 1.54. The summed E-state index contributed by atoms with van der Waals surface area (Å²) in [6.07, 6.45) is 4.71. The quantitative estimate of drug-likeness (QED) is 0.227. The van der Waals surface area contributed by atoms with Crippen LogP contribution in [0, 0.1) is 0 Å². The third-order valence-electron chi connectivity index (χ3n) is 8.06. The molecule has 0 unspecified atom stereocenters. The number of hydrogen-bond donors (Lipinski definition) is 2. The van der Waals surface area contributed by atoms with Crippen molar-refractivity contribution < 1.29 is 0 Å². The summed E-state index contributed by atoms with van der Waals surface area (Å²) < 4.78 is 1.72. The molecular weight excluding hydrogens is 518 g/mol. The van der Waals surface area contributed by atoms with Gasteiger partial charge in [-0.05, 0) is 42.5 Å². The summed E-state index contributed by atoms with van der Waals surface area (Å²) in [5.74, 6) is 0.359. The second-order valence-electron chi connectivity index (χ2n) is 10.6. The molecule has 0 saturated heterocycles. The monoisotopic (exact) mass is 545 g/mol. The fourth-order valence-electron chi connectivity index (χ4n) is 6.09. The molecular formula is C36H27N5O. The lowest BCUT2D eigenvalue weighted by atomic mass is 10.0. The molecule has 4 aromatic carbocycles. The topological polar surface area (TPSA) is 78.3 Å². The van der Waals surface area contributed by atoms with E-state index in [0.29, 0.717) is 11.3 Å². The zero-order valence-electron chi connectivity index (χ0n) is 22.8. The molecule has 3 aromatic heterocycles. The number of H-pyrrole nitrogens is 2. The van der Waals surface area contributed by atoms with Crippen molar-refractivity contribution in [3.63, 3.8) is 0 Å². The van der Waals surface area contributed by atoms with Crippen LogP contribution in [0.15, 0.2) is 130 Å². The highest BCUT2D eigenvalue weighted by Crippen LogP contribution is 2.33. The number of para-hydroxylation sites is 2. The number of aromatic amines is 2. The van der Waals surface area contributed by atoms with E-state index in [-0.39, 0.29) is 5.56 Å². The molecule has 0 aliphatic carbocycles. The van der Waals surface area contributed by atoms with Gasteiger partial charge in [0, 0.05) is 21.8 Å². The van der Waals surface area contributed by atoms with Crippen molar-refractivity contribution in [1.29, 1.82) is 0 Å². The Morgan fingerprint density at radius 1 is 0.643 bits per heavy atom. The van der Waals surface area contributed by atoms with Crippen LogP contribution in [0.3, 0.4) is 0 Å². The van der Waals surface area contributed by atoms with Gasteiger partial charge in [0.05, 0.1) is 33.3 Å². The highest BCUT2D eigenvalue weighted by Gasteiger charge is 2.23. The molecule has 0 bridgehead atoms. The van der Waals surface area contributed by atoms with E-state index >= 15 is 0 Å². The first-order valence-electron chi connectivity index (χ1n) is 14.3.